The zero-order valence-corrected chi connectivity index (χ0v) is 23.8. The minimum absolute atomic E-state index is 0.0414. The highest BCUT2D eigenvalue weighted by Gasteiger charge is 2.28. The molecule has 2 aromatic carbocycles. The molecule has 208 valence electrons. The highest BCUT2D eigenvalue weighted by atomic mass is 16.5. The summed E-state index contributed by atoms with van der Waals surface area (Å²) < 4.78 is 7.97. The molecule has 2 heterocycles. The Kier molecular flexibility index (Phi) is 7.91. The van der Waals surface area contributed by atoms with Gasteiger partial charge < -0.3 is 30.4 Å². The van der Waals surface area contributed by atoms with Gasteiger partial charge in [-0.25, -0.2) is 0 Å². The molecule has 0 atom stereocenters. The third-order valence-electron chi connectivity index (χ3n) is 7.51. The molecule has 0 unspecified atom stereocenters. The van der Waals surface area contributed by atoms with Crippen molar-refractivity contribution in [3.05, 3.63) is 75.7 Å². The molecule has 0 bridgehead atoms. The van der Waals surface area contributed by atoms with Crippen LogP contribution >= 0.6 is 0 Å². The number of hydrogen-bond acceptors (Lipinski definition) is 6. The predicted octanol–water partition coefficient (Wildman–Crippen LogP) is 4.44. The van der Waals surface area contributed by atoms with E-state index in [1.807, 2.05) is 62.1 Å². The Bertz CT molecular complexity index is 1410. The highest BCUT2D eigenvalue weighted by Crippen LogP contribution is 2.40. The molecule has 3 aromatic rings. The maximum absolute atomic E-state index is 13.0. The van der Waals surface area contributed by atoms with Crippen molar-refractivity contribution >= 4 is 11.6 Å². The van der Waals surface area contributed by atoms with Crippen molar-refractivity contribution in [2.24, 2.45) is 12.8 Å². The van der Waals surface area contributed by atoms with Crippen LogP contribution in [0.2, 0.25) is 0 Å². The average molecular weight is 533 g/mol. The number of benzene rings is 2. The first-order valence-electron chi connectivity index (χ1n) is 13.4. The van der Waals surface area contributed by atoms with Crippen molar-refractivity contribution in [3.63, 3.8) is 0 Å². The largest absolute Gasteiger partial charge is 0.456 e. The summed E-state index contributed by atoms with van der Waals surface area (Å²) in [6.45, 7) is 10.7. The predicted molar refractivity (Wildman–Crippen MR) is 155 cm³/mol. The van der Waals surface area contributed by atoms with Gasteiger partial charge in [0.2, 0.25) is 5.91 Å². The van der Waals surface area contributed by atoms with E-state index in [0.29, 0.717) is 41.2 Å². The number of ether oxygens (including phenoxy) is 1. The van der Waals surface area contributed by atoms with Crippen molar-refractivity contribution in [2.45, 2.75) is 58.6 Å². The fourth-order valence-electron chi connectivity index (χ4n) is 4.82. The summed E-state index contributed by atoms with van der Waals surface area (Å²) in [5, 5.41) is 14.0. The Morgan fingerprint density at radius 1 is 1.10 bits per heavy atom. The van der Waals surface area contributed by atoms with E-state index < -0.39 is 5.60 Å². The topological polar surface area (TPSA) is 110 Å². The van der Waals surface area contributed by atoms with Crippen LogP contribution in [-0.2, 0) is 17.4 Å². The van der Waals surface area contributed by atoms with Crippen molar-refractivity contribution in [3.8, 4) is 22.6 Å². The first-order valence-corrected chi connectivity index (χ1v) is 13.4. The molecule has 4 rings (SSSR count). The van der Waals surface area contributed by atoms with E-state index in [0.717, 1.165) is 29.7 Å². The number of piperidine rings is 1. The van der Waals surface area contributed by atoms with E-state index >= 15 is 0 Å². The smallest absolute Gasteiger partial charge is 0.252 e. The summed E-state index contributed by atoms with van der Waals surface area (Å²) >= 11 is 0. The van der Waals surface area contributed by atoms with Gasteiger partial charge in [0.1, 0.15) is 11.5 Å². The van der Waals surface area contributed by atoms with Crippen LogP contribution in [0.3, 0.4) is 0 Å². The van der Waals surface area contributed by atoms with Crippen molar-refractivity contribution < 1.29 is 14.6 Å². The summed E-state index contributed by atoms with van der Waals surface area (Å²) in [6.07, 6.45) is 3.23. The number of para-hydroxylation sites is 1. The third kappa shape index (κ3) is 6.52. The summed E-state index contributed by atoms with van der Waals surface area (Å²) in [7, 11) is 1.68. The van der Waals surface area contributed by atoms with Gasteiger partial charge in [0, 0.05) is 54.8 Å². The van der Waals surface area contributed by atoms with Crippen LogP contribution in [-0.4, -0.2) is 45.7 Å². The van der Waals surface area contributed by atoms with Crippen molar-refractivity contribution in [1.29, 1.82) is 0 Å². The van der Waals surface area contributed by atoms with Gasteiger partial charge in [-0.05, 0) is 76.3 Å². The van der Waals surface area contributed by atoms with E-state index in [1.54, 1.807) is 27.1 Å². The Labute approximate surface area is 230 Å². The van der Waals surface area contributed by atoms with Gasteiger partial charge in [-0.3, -0.25) is 9.59 Å². The number of carbonyl (C=O) groups excluding carboxylic acids is 1. The molecule has 0 aliphatic carbocycles. The van der Waals surface area contributed by atoms with Gasteiger partial charge in [-0.15, -0.1) is 0 Å². The first kappa shape index (κ1) is 28.4. The van der Waals surface area contributed by atoms with E-state index in [4.69, 9.17) is 10.5 Å². The maximum atomic E-state index is 13.0. The molecule has 1 amide bonds. The van der Waals surface area contributed by atoms with Gasteiger partial charge in [-0.2, -0.15) is 0 Å². The Morgan fingerprint density at radius 2 is 1.74 bits per heavy atom. The number of aryl methyl sites for hydroxylation is 3. The maximum Gasteiger partial charge on any atom is 0.252 e. The van der Waals surface area contributed by atoms with Gasteiger partial charge in [0.15, 0.2) is 0 Å². The van der Waals surface area contributed by atoms with Crippen LogP contribution < -0.4 is 21.3 Å². The molecule has 4 N–H and O–H groups in total. The van der Waals surface area contributed by atoms with E-state index in [1.165, 1.54) is 10.6 Å². The molecular formula is C31H40N4O4. The number of rotatable bonds is 7. The zero-order valence-electron chi connectivity index (χ0n) is 23.8. The van der Waals surface area contributed by atoms with E-state index in [2.05, 4.69) is 5.32 Å². The quantitative estimate of drug-likeness (QED) is 0.415. The van der Waals surface area contributed by atoms with Gasteiger partial charge >= 0.3 is 0 Å². The SMILES string of the molecule is Cc1cccc(C)c1Oc1ccc(C(C)(C)O)cc1-c1cn(C)c(=O)cc1NCC(=O)N1CCC(C)(N)CC1. The number of nitrogens with zero attached hydrogens (tertiary/aromatic N) is 2. The fourth-order valence-corrected chi connectivity index (χ4v) is 4.82. The average Bonchev–Trinajstić information content (AvgIpc) is 2.86. The lowest BCUT2D eigenvalue weighted by Gasteiger charge is -2.36. The number of nitrogens with two attached hydrogens (primary N) is 1. The zero-order chi connectivity index (χ0) is 28.5. The number of hydrogen-bond donors (Lipinski definition) is 3. The Hall–Kier alpha value is -3.62. The first-order chi connectivity index (χ1) is 18.2. The second kappa shape index (κ2) is 10.9. The lowest BCUT2D eigenvalue weighted by Crippen LogP contribution is -2.50. The summed E-state index contributed by atoms with van der Waals surface area (Å²) in [4.78, 5) is 27.5. The second-order valence-corrected chi connectivity index (χ2v) is 11.5. The molecule has 0 spiro atoms. The second-order valence-electron chi connectivity index (χ2n) is 11.5. The number of anilines is 1. The van der Waals surface area contributed by atoms with Crippen molar-refractivity contribution in [1.82, 2.24) is 9.47 Å². The van der Waals surface area contributed by atoms with Crippen LogP contribution in [0.5, 0.6) is 11.5 Å². The van der Waals surface area contributed by atoms with Crippen LogP contribution in [0.1, 0.15) is 50.3 Å². The van der Waals surface area contributed by atoms with Crippen LogP contribution in [0.15, 0.2) is 53.5 Å². The van der Waals surface area contributed by atoms with Gasteiger partial charge in [0.05, 0.1) is 12.1 Å². The molecule has 8 nitrogen and oxygen atoms in total. The van der Waals surface area contributed by atoms with Crippen LogP contribution in [0, 0.1) is 13.8 Å². The molecule has 0 saturated carbocycles. The molecule has 1 aliphatic rings. The number of nitrogens with one attached hydrogen (secondary N) is 1. The summed E-state index contributed by atoms with van der Waals surface area (Å²) in [6, 6.07) is 13.0. The van der Waals surface area contributed by atoms with Crippen LogP contribution in [0.4, 0.5) is 5.69 Å². The summed E-state index contributed by atoms with van der Waals surface area (Å²) in [5.41, 5.74) is 9.26. The normalized spacial score (nSPS) is 15.2. The molecular weight excluding hydrogens is 492 g/mol. The fraction of sp³-hybridized carbons (Fsp3) is 0.419. The number of pyridine rings is 1. The Balaban J connectivity index is 1.74. The number of amides is 1. The lowest BCUT2D eigenvalue weighted by atomic mass is 9.91. The van der Waals surface area contributed by atoms with Crippen molar-refractivity contribution in [2.75, 3.05) is 25.0 Å². The summed E-state index contributed by atoms with van der Waals surface area (Å²) in [5.74, 6) is 1.28. The molecule has 1 fully saturated rings. The molecule has 1 aromatic heterocycles. The standard InChI is InChI=1S/C31H40N4O4/c1-20-8-7-9-21(2)29(20)39-26-11-10-22(30(3,4)38)16-23(26)24-19-34(6)27(36)17-25(24)33-18-28(37)35-14-12-31(5,32)13-15-35/h7-11,16-17,19,33,38H,12-15,18,32H2,1-6H3. The Morgan fingerprint density at radius 3 is 2.36 bits per heavy atom. The third-order valence-corrected chi connectivity index (χ3v) is 7.51. The molecule has 1 saturated heterocycles. The molecule has 0 radical (unpaired) electrons. The molecule has 8 heteroatoms. The highest BCUT2D eigenvalue weighted by molar-refractivity contribution is 5.86. The number of carbonyl (C=O) groups is 1. The monoisotopic (exact) mass is 532 g/mol. The molecule has 39 heavy (non-hydrogen) atoms. The number of aromatic nitrogens is 1. The molecule has 1 aliphatic heterocycles. The minimum atomic E-state index is -1.10. The lowest BCUT2D eigenvalue weighted by molar-refractivity contribution is -0.130. The van der Waals surface area contributed by atoms with Gasteiger partial charge in [-0.1, -0.05) is 24.3 Å². The number of likely N-dealkylation sites (tertiary alicyclic amines) is 1. The van der Waals surface area contributed by atoms with E-state index in [-0.39, 0.29) is 23.6 Å². The van der Waals surface area contributed by atoms with Gasteiger partial charge in [0.25, 0.3) is 5.56 Å². The van der Waals surface area contributed by atoms with Crippen LogP contribution in [0.25, 0.3) is 11.1 Å². The number of aliphatic hydroxyl groups is 1. The van der Waals surface area contributed by atoms with E-state index in [9.17, 15) is 14.7 Å². The minimum Gasteiger partial charge on any atom is -0.456 e.